The number of ether oxygens (including phenoxy) is 1. The highest BCUT2D eigenvalue weighted by molar-refractivity contribution is 9.10. The van der Waals surface area contributed by atoms with Crippen LogP contribution in [0.3, 0.4) is 0 Å². The van der Waals surface area contributed by atoms with Crippen molar-refractivity contribution in [3.63, 3.8) is 0 Å². The fourth-order valence-electron chi connectivity index (χ4n) is 2.53. The summed E-state index contributed by atoms with van der Waals surface area (Å²) in [6, 6.07) is 18.8. The first kappa shape index (κ1) is 20.4. The Morgan fingerprint density at radius 3 is 2.57 bits per heavy atom. The fourth-order valence-corrected chi connectivity index (χ4v) is 3.51. The minimum absolute atomic E-state index is 0.242. The van der Waals surface area contributed by atoms with Crippen LogP contribution in [0.25, 0.3) is 11.6 Å². The predicted octanol–water partition coefficient (Wildman–Crippen LogP) is 7.54. The van der Waals surface area contributed by atoms with Crippen LogP contribution in [-0.4, -0.2) is 0 Å². The molecule has 3 rings (SSSR count). The molecule has 2 nitrogen and oxygen atoms in total. The second kappa shape index (κ2) is 9.25. The van der Waals surface area contributed by atoms with Crippen molar-refractivity contribution < 1.29 is 9.13 Å². The van der Waals surface area contributed by atoms with Gasteiger partial charge in [0.1, 0.15) is 18.2 Å². The quantitative estimate of drug-likeness (QED) is 0.281. The zero-order valence-electron chi connectivity index (χ0n) is 14.4. The van der Waals surface area contributed by atoms with Gasteiger partial charge in [0.05, 0.1) is 16.1 Å². The van der Waals surface area contributed by atoms with Gasteiger partial charge in [-0.3, -0.25) is 0 Å². The summed E-state index contributed by atoms with van der Waals surface area (Å²) in [6.45, 7) is 0.280. The third-order valence-corrected chi connectivity index (χ3v) is 5.16. The van der Waals surface area contributed by atoms with E-state index >= 15 is 0 Å². The largest absolute Gasteiger partial charge is 0.488 e. The molecule has 0 atom stereocenters. The van der Waals surface area contributed by atoms with E-state index in [-0.39, 0.29) is 17.7 Å². The summed E-state index contributed by atoms with van der Waals surface area (Å²) in [5.41, 5.74) is 2.06. The van der Waals surface area contributed by atoms with Crippen molar-refractivity contribution in [2.45, 2.75) is 6.61 Å². The number of allylic oxidation sites excluding steroid dienone is 1. The summed E-state index contributed by atoms with van der Waals surface area (Å²) in [6.07, 6.45) is 1.63. The lowest BCUT2D eigenvalue weighted by atomic mass is 10.0. The predicted molar refractivity (Wildman–Crippen MR) is 115 cm³/mol. The molecule has 0 fully saturated rings. The molecule has 28 heavy (non-hydrogen) atoms. The first-order valence-corrected chi connectivity index (χ1v) is 9.76. The molecule has 0 amide bonds. The Bertz CT molecular complexity index is 1090. The third-order valence-electron chi connectivity index (χ3n) is 3.95. The fraction of sp³-hybridized carbons (Fsp3) is 0.0455. The normalized spacial score (nSPS) is 11.2. The molecule has 0 aliphatic rings. The highest BCUT2D eigenvalue weighted by atomic mass is 79.9. The molecule has 0 saturated carbocycles. The van der Waals surface area contributed by atoms with Crippen LogP contribution < -0.4 is 4.74 Å². The summed E-state index contributed by atoms with van der Waals surface area (Å²) >= 11 is 15.5. The molecule has 3 aromatic carbocycles. The average molecular weight is 477 g/mol. The molecule has 0 aliphatic carbocycles. The van der Waals surface area contributed by atoms with Crippen molar-refractivity contribution in [3.05, 3.63) is 97.7 Å². The number of hydrogen-bond acceptors (Lipinski definition) is 2. The summed E-state index contributed by atoms with van der Waals surface area (Å²) in [4.78, 5) is 0. The lowest BCUT2D eigenvalue weighted by Crippen LogP contribution is -1.97. The van der Waals surface area contributed by atoms with Crippen molar-refractivity contribution in [2.24, 2.45) is 0 Å². The van der Waals surface area contributed by atoms with E-state index in [9.17, 15) is 9.65 Å². The zero-order valence-corrected chi connectivity index (χ0v) is 17.5. The van der Waals surface area contributed by atoms with Gasteiger partial charge in [-0.2, -0.15) is 5.26 Å². The number of rotatable bonds is 5. The molecule has 0 saturated heterocycles. The molecule has 0 N–H and O–H groups in total. The Kier molecular flexibility index (Phi) is 6.74. The molecule has 0 bridgehead atoms. The van der Waals surface area contributed by atoms with Crippen LogP contribution in [0.5, 0.6) is 5.75 Å². The van der Waals surface area contributed by atoms with E-state index in [1.165, 1.54) is 6.07 Å². The van der Waals surface area contributed by atoms with E-state index in [2.05, 4.69) is 15.9 Å². The molecular weight excluding hydrogens is 464 g/mol. The zero-order chi connectivity index (χ0) is 20.1. The van der Waals surface area contributed by atoms with Crippen LogP contribution in [0.2, 0.25) is 10.0 Å². The maximum atomic E-state index is 14.0. The van der Waals surface area contributed by atoms with Gasteiger partial charge in [-0.05, 0) is 57.9 Å². The Hall–Kier alpha value is -2.32. The van der Waals surface area contributed by atoms with Gasteiger partial charge < -0.3 is 4.74 Å². The Morgan fingerprint density at radius 2 is 1.89 bits per heavy atom. The van der Waals surface area contributed by atoms with E-state index in [0.29, 0.717) is 20.3 Å². The highest BCUT2D eigenvalue weighted by Crippen LogP contribution is 2.30. The molecule has 0 spiro atoms. The maximum absolute atomic E-state index is 14.0. The Morgan fingerprint density at radius 1 is 1.11 bits per heavy atom. The molecule has 3 aromatic rings. The van der Waals surface area contributed by atoms with Gasteiger partial charge in [0.15, 0.2) is 0 Å². The van der Waals surface area contributed by atoms with E-state index in [1.807, 2.05) is 12.1 Å². The number of halogens is 4. The van der Waals surface area contributed by atoms with Crippen molar-refractivity contribution in [3.8, 4) is 11.8 Å². The van der Waals surface area contributed by atoms with Crippen molar-refractivity contribution >= 4 is 50.8 Å². The minimum Gasteiger partial charge on any atom is -0.488 e. The van der Waals surface area contributed by atoms with Crippen LogP contribution >= 0.6 is 39.1 Å². The van der Waals surface area contributed by atoms with Crippen LogP contribution in [0.4, 0.5) is 4.39 Å². The summed E-state index contributed by atoms with van der Waals surface area (Å²) in [5.74, 6) is 0.182. The molecule has 0 heterocycles. The smallest absolute Gasteiger partial charge is 0.134 e. The number of nitrogens with zero attached hydrogens (tertiary/aromatic N) is 1. The third kappa shape index (κ3) is 4.94. The lowest BCUT2D eigenvalue weighted by Gasteiger charge is -2.10. The van der Waals surface area contributed by atoms with Gasteiger partial charge in [0.2, 0.25) is 0 Å². The van der Waals surface area contributed by atoms with Crippen molar-refractivity contribution in [1.29, 1.82) is 5.26 Å². The first-order chi connectivity index (χ1) is 13.5. The van der Waals surface area contributed by atoms with Crippen LogP contribution in [-0.2, 0) is 6.61 Å². The molecular formula is C22H13BrCl2FNO. The first-order valence-electron chi connectivity index (χ1n) is 8.21. The number of benzene rings is 3. The van der Waals surface area contributed by atoms with Crippen LogP contribution in [0.1, 0.15) is 16.7 Å². The molecule has 0 aliphatic heterocycles. The van der Waals surface area contributed by atoms with Crippen molar-refractivity contribution in [2.75, 3.05) is 0 Å². The van der Waals surface area contributed by atoms with Gasteiger partial charge in [0.25, 0.3) is 0 Å². The monoisotopic (exact) mass is 475 g/mol. The van der Waals surface area contributed by atoms with Crippen LogP contribution in [0, 0.1) is 17.1 Å². The van der Waals surface area contributed by atoms with Gasteiger partial charge in [-0.1, -0.05) is 53.5 Å². The molecule has 0 radical (unpaired) electrons. The minimum atomic E-state index is -0.436. The average Bonchev–Trinajstić information content (AvgIpc) is 2.67. The molecule has 6 heteroatoms. The van der Waals surface area contributed by atoms with E-state index in [0.717, 1.165) is 11.1 Å². The summed E-state index contributed by atoms with van der Waals surface area (Å²) in [7, 11) is 0. The number of hydrogen-bond donors (Lipinski definition) is 0. The van der Waals surface area contributed by atoms with E-state index < -0.39 is 5.82 Å². The molecule has 0 unspecified atom stereocenters. The summed E-state index contributed by atoms with van der Waals surface area (Å²) in [5, 5.41) is 10.5. The Balaban J connectivity index is 1.80. The standard InChI is InChI=1S/C22H13BrCl2FNO/c23-19-10-14(9-16(12-27)18-3-1-2-4-21(18)26)5-8-22(19)28-13-15-6-7-17(24)11-20(15)25/h1-11H,13H2/b16-9-. The van der Waals surface area contributed by atoms with Gasteiger partial charge in [-0.15, -0.1) is 0 Å². The molecule has 0 aromatic heterocycles. The van der Waals surface area contributed by atoms with E-state index in [1.54, 1.807) is 54.6 Å². The van der Waals surface area contributed by atoms with Gasteiger partial charge in [0, 0.05) is 21.2 Å². The summed E-state index contributed by atoms with van der Waals surface area (Å²) < 4.78 is 20.5. The topological polar surface area (TPSA) is 33.0 Å². The van der Waals surface area contributed by atoms with Gasteiger partial charge in [-0.25, -0.2) is 4.39 Å². The lowest BCUT2D eigenvalue weighted by molar-refractivity contribution is 0.304. The van der Waals surface area contributed by atoms with Crippen molar-refractivity contribution in [1.82, 2.24) is 0 Å². The number of nitriles is 1. The van der Waals surface area contributed by atoms with E-state index in [4.69, 9.17) is 27.9 Å². The Labute approximate surface area is 180 Å². The second-order valence-corrected chi connectivity index (χ2v) is 7.56. The van der Waals surface area contributed by atoms with Crippen LogP contribution in [0.15, 0.2) is 65.1 Å². The second-order valence-electron chi connectivity index (χ2n) is 5.86. The SMILES string of the molecule is N#C/C(=C/c1ccc(OCc2ccc(Cl)cc2Cl)c(Br)c1)c1ccccc1F. The highest BCUT2D eigenvalue weighted by Gasteiger charge is 2.09. The maximum Gasteiger partial charge on any atom is 0.134 e. The molecule has 140 valence electrons. The van der Waals surface area contributed by atoms with Gasteiger partial charge >= 0.3 is 0 Å².